The summed E-state index contributed by atoms with van der Waals surface area (Å²) in [5, 5.41) is 0.475. The average molecular weight is 389 g/mol. The van der Waals surface area contributed by atoms with Crippen molar-refractivity contribution in [2.75, 3.05) is 0 Å². The molecule has 2 aromatic heterocycles. The van der Waals surface area contributed by atoms with Crippen LogP contribution in [-0.2, 0) is 6.42 Å². The van der Waals surface area contributed by atoms with Gasteiger partial charge in [0.25, 0.3) is 0 Å². The number of carbonyl (C=O) groups excluding carboxylic acids is 1. The fourth-order valence-corrected chi connectivity index (χ4v) is 3.27. The summed E-state index contributed by atoms with van der Waals surface area (Å²) >= 11 is 6.11. The van der Waals surface area contributed by atoms with Crippen LogP contribution in [0.3, 0.4) is 0 Å². The highest BCUT2D eigenvalue weighted by Gasteiger charge is 2.14. The predicted molar refractivity (Wildman–Crippen MR) is 109 cm³/mol. The third-order valence-electron chi connectivity index (χ3n) is 4.49. The number of benzene rings is 2. The SMILES string of the molecule is Cc1oc(-c2ccc(CC(=O)c3ccccc3Cl)cc2)nc1-c1ccncc1. The summed E-state index contributed by atoms with van der Waals surface area (Å²) in [6, 6.07) is 18.5. The number of aryl methyl sites for hydroxylation is 1. The van der Waals surface area contributed by atoms with E-state index in [0.29, 0.717) is 16.5 Å². The zero-order valence-corrected chi connectivity index (χ0v) is 16.0. The van der Waals surface area contributed by atoms with Crippen LogP contribution < -0.4 is 0 Å². The Morgan fingerprint density at radius 2 is 1.68 bits per heavy atom. The molecule has 0 saturated heterocycles. The van der Waals surface area contributed by atoms with Crippen molar-refractivity contribution in [3.63, 3.8) is 0 Å². The number of pyridine rings is 1. The molecular formula is C23H17ClN2O2. The first-order valence-electron chi connectivity index (χ1n) is 8.86. The van der Waals surface area contributed by atoms with E-state index in [1.54, 1.807) is 24.5 Å². The minimum Gasteiger partial charge on any atom is -0.441 e. The standard InChI is InChI=1S/C23H17ClN2O2/c1-15-22(17-10-12-25-13-11-17)26-23(28-15)18-8-6-16(7-9-18)14-21(27)19-4-2-3-5-20(19)24/h2-13H,14H2,1H3. The molecule has 0 radical (unpaired) electrons. The number of rotatable bonds is 5. The van der Waals surface area contributed by atoms with Crippen molar-refractivity contribution in [3.8, 4) is 22.7 Å². The van der Waals surface area contributed by atoms with Gasteiger partial charge in [-0.05, 0) is 48.9 Å². The van der Waals surface area contributed by atoms with Gasteiger partial charge in [0, 0.05) is 35.5 Å². The quantitative estimate of drug-likeness (QED) is 0.406. The lowest BCUT2D eigenvalue weighted by molar-refractivity contribution is 0.0993. The van der Waals surface area contributed by atoms with Crippen LogP contribution in [0.5, 0.6) is 0 Å². The highest BCUT2D eigenvalue weighted by molar-refractivity contribution is 6.34. The van der Waals surface area contributed by atoms with Crippen LogP contribution in [0, 0.1) is 6.92 Å². The number of nitrogens with zero attached hydrogens (tertiary/aromatic N) is 2. The third kappa shape index (κ3) is 3.73. The topological polar surface area (TPSA) is 56.0 Å². The van der Waals surface area contributed by atoms with Crippen molar-refractivity contribution in [1.29, 1.82) is 0 Å². The smallest absolute Gasteiger partial charge is 0.226 e. The van der Waals surface area contributed by atoms with E-state index >= 15 is 0 Å². The fraction of sp³-hybridized carbons (Fsp3) is 0.0870. The minimum atomic E-state index is -0.00899. The summed E-state index contributed by atoms with van der Waals surface area (Å²) in [5.41, 5.74) is 4.07. The van der Waals surface area contributed by atoms with Gasteiger partial charge in [0.1, 0.15) is 11.5 Å². The second-order valence-corrected chi connectivity index (χ2v) is 6.84. The van der Waals surface area contributed by atoms with Gasteiger partial charge in [0.2, 0.25) is 5.89 Å². The van der Waals surface area contributed by atoms with Crippen molar-refractivity contribution in [1.82, 2.24) is 9.97 Å². The Labute approximate surface area is 167 Å². The van der Waals surface area contributed by atoms with Crippen LogP contribution in [0.4, 0.5) is 0 Å². The molecule has 0 bridgehead atoms. The molecule has 0 unspecified atom stereocenters. The van der Waals surface area contributed by atoms with Gasteiger partial charge in [-0.1, -0.05) is 35.9 Å². The molecule has 0 saturated carbocycles. The van der Waals surface area contributed by atoms with Crippen LogP contribution in [-0.4, -0.2) is 15.8 Å². The summed E-state index contributed by atoms with van der Waals surface area (Å²) in [6.45, 7) is 1.89. The van der Waals surface area contributed by atoms with Gasteiger partial charge in [-0.15, -0.1) is 0 Å². The highest BCUT2D eigenvalue weighted by Crippen LogP contribution is 2.28. The van der Waals surface area contributed by atoms with E-state index in [4.69, 9.17) is 16.0 Å². The Balaban J connectivity index is 1.54. The fourth-order valence-electron chi connectivity index (χ4n) is 3.03. The van der Waals surface area contributed by atoms with Crippen molar-refractivity contribution in [2.24, 2.45) is 0 Å². The largest absolute Gasteiger partial charge is 0.441 e. The molecule has 138 valence electrons. The van der Waals surface area contributed by atoms with Crippen molar-refractivity contribution < 1.29 is 9.21 Å². The van der Waals surface area contributed by atoms with E-state index in [-0.39, 0.29) is 12.2 Å². The first-order chi connectivity index (χ1) is 13.6. The average Bonchev–Trinajstić information content (AvgIpc) is 3.11. The van der Waals surface area contributed by atoms with E-state index < -0.39 is 0 Å². The number of hydrogen-bond acceptors (Lipinski definition) is 4. The summed E-state index contributed by atoms with van der Waals surface area (Å²) in [5.74, 6) is 1.29. The third-order valence-corrected chi connectivity index (χ3v) is 4.82. The molecule has 4 rings (SSSR count). The van der Waals surface area contributed by atoms with E-state index in [9.17, 15) is 4.79 Å². The van der Waals surface area contributed by atoms with Crippen LogP contribution in [0.25, 0.3) is 22.7 Å². The number of carbonyl (C=O) groups is 1. The van der Waals surface area contributed by atoms with E-state index in [0.717, 1.165) is 28.1 Å². The maximum Gasteiger partial charge on any atom is 0.226 e. The van der Waals surface area contributed by atoms with Gasteiger partial charge in [0.15, 0.2) is 5.78 Å². The first kappa shape index (κ1) is 18.1. The molecule has 0 spiro atoms. The Bertz CT molecular complexity index is 1120. The number of halogens is 1. The molecule has 0 fully saturated rings. The van der Waals surface area contributed by atoms with Crippen molar-refractivity contribution in [3.05, 3.63) is 95.0 Å². The van der Waals surface area contributed by atoms with Gasteiger partial charge >= 0.3 is 0 Å². The summed E-state index contributed by atoms with van der Waals surface area (Å²) < 4.78 is 5.85. The zero-order chi connectivity index (χ0) is 19.5. The molecule has 0 aliphatic rings. The Morgan fingerprint density at radius 1 is 0.964 bits per heavy atom. The summed E-state index contributed by atoms with van der Waals surface area (Å²) in [6.07, 6.45) is 3.75. The van der Waals surface area contributed by atoms with Crippen molar-refractivity contribution in [2.45, 2.75) is 13.3 Å². The number of oxazole rings is 1. The Kier molecular flexibility index (Phi) is 5.04. The number of aromatic nitrogens is 2. The van der Waals surface area contributed by atoms with Crippen LogP contribution in [0.1, 0.15) is 21.7 Å². The highest BCUT2D eigenvalue weighted by atomic mass is 35.5. The van der Waals surface area contributed by atoms with Crippen LogP contribution >= 0.6 is 11.6 Å². The molecule has 0 amide bonds. The molecule has 4 nitrogen and oxygen atoms in total. The molecule has 2 aromatic carbocycles. The van der Waals surface area contributed by atoms with Gasteiger partial charge < -0.3 is 4.42 Å². The first-order valence-corrected chi connectivity index (χ1v) is 9.24. The Morgan fingerprint density at radius 3 is 2.39 bits per heavy atom. The molecule has 4 aromatic rings. The molecule has 0 aliphatic carbocycles. The maximum atomic E-state index is 12.5. The number of Topliss-reactive ketones (excluding diaryl/α,β-unsaturated/α-hetero) is 1. The van der Waals surface area contributed by atoms with Gasteiger partial charge in [0.05, 0.1) is 5.02 Å². The molecule has 0 atom stereocenters. The van der Waals surface area contributed by atoms with Crippen LogP contribution in [0.2, 0.25) is 5.02 Å². The molecule has 28 heavy (non-hydrogen) atoms. The molecular weight excluding hydrogens is 372 g/mol. The van der Waals surface area contributed by atoms with E-state index in [1.165, 1.54) is 0 Å². The lowest BCUT2D eigenvalue weighted by Gasteiger charge is -2.04. The zero-order valence-electron chi connectivity index (χ0n) is 15.2. The maximum absolute atomic E-state index is 12.5. The molecule has 0 N–H and O–H groups in total. The molecule has 5 heteroatoms. The lowest BCUT2D eigenvalue weighted by Crippen LogP contribution is -2.04. The van der Waals surface area contributed by atoms with Crippen molar-refractivity contribution >= 4 is 17.4 Å². The minimum absolute atomic E-state index is 0.00899. The normalized spacial score (nSPS) is 10.8. The summed E-state index contributed by atoms with van der Waals surface area (Å²) in [7, 11) is 0. The number of hydrogen-bond donors (Lipinski definition) is 0. The second kappa shape index (κ2) is 7.79. The number of ketones is 1. The van der Waals surface area contributed by atoms with Crippen LogP contribution in [0.15, 0.2) is 77.5 Å². The van der Waals surface area contributed by atoms with Gasteiger partial charge in [-0.3, -0.25) is 9.78 Å². The summed E-state index contributed by atoms with van der Waals surface area (Å²) in [4.78, 5) is 21.1. The van der Waals surface area contributed by atoms with E-state index in [2.05, 4.69) is 9.97 Å². The Hall–Kier alpha value is -3.24. The van der Waals surface area contributed by atoms with Gasteiger partial charge in [-0.2, -0.15) is 0 Å². The predicted octanol–water partition coefficient (Wildman–Crippen LogP) is 5.79. The second-order valence-electron chi connectivity index (χ2n) is 6.44. The lowest BCUT2D eigenvalue weighted by atomic mass is 10.0. The van der Waals surface area contributed by atoms with Gasteiger partial charge in [-0.25, -0.2) is 4.98 Å². The molecule has 0 aliphatic heterocycles. The monoisotopic (exact) mass is 388 g/mol. The molecule has 2 heterocycles. The van der Waals surface area contributed by atoms with E-state index in [1.807, 2.05) is 55.5 Å².